The van der Waals surface area contributed by atoms with Gasteiger partial charge in [0.2, 0.25) is 5.91 Å². The smallest absolute Gasteiger partial charge is 0.240 e. The lowest BCUT2D eigenvalue weighted by molar-refractivity contribution is -0.129. The van der Waals surface area contributed by atoms with Crippen LogP contribution in [0.5, 0.6) is 0 Å². The monoisotopic (exact) mass is 337 g/mol. The number of nitrogens with two attached hydrogens (primary N) is 1. The molecule has 1 aliphatic carbocycles. The van der Waals surface area contributed by atoms with Crippen molar-refractivity contribution >= 4 is 17.2 Å². The molecule has 2 heterocycles. The minimum atomic E-state index is -0.756. The molecule has 1 aromatic heterocycles. The van der Waals surface area contributed by atoms with Crippen molar-refractivity contribution in [3.63, 3.8) is 0 Å². The van der Waals surface area contributed by atoms with Crippen molar-refractivity contribution < 1.29 is 9.53 Å². The Labute approximate surface area is 142 Å². The van der Waals surface area contributed by atoms with Gasteiger partial charge in [-0.3, -0.25) is 4.79 Å². The van der Waals surface area contributed by atoms with Gasteiger partial charge in [0.25, 0.3) is 0 Å². The Morgan fingerprint density at radius 3 is 2.83 bits per heavy atom. The van der Waals surface area contributed by atoms with Crippen molar-refractivity contribution in [2.45, 2.75) is 62.8 Å². The van der Waals surface area contributed by atoms with E-state index in [4.69, 9.17) is 15.5 Å². The number of hydrogen-bond donors (Lipinski definition) is 2. The molecule has 0 aromatic carbocycles. The maximum atomic E-state index is 12.3. The van der Waals surface area contributed by atoms with E-state index in [1.807, 2.05) is 0 Å². The molecular weight excluding hydrogens is 310 g/mol. The average Bonchev–Trinajstić information content (AvgIpc) is 3.05. The fourth-order valence-corrected chi connectivity index (χ4v) is 4.33. The van der Waals surface area contributed by atoms with Crippen LogP contribution in [0.15, 0.2) is 5.38 Å². The second-order valence-corrected chi connectivity index (χ2v) is 7.72. The topological polar surface area (TPSA) is 77.2 Å². The van der Waals surface area contributed by atoms with E-state index in [-0.39, 0.29) is 5.91 Å². The molecule has 0 radical (unpaired) electrons. The highest BCUT2D eigenvalue weighted by Gasteiger charge is 2.35. The third-order valence-electron chi connectivity index (χ3n) is 5.05. The maximum Gasteiger partial charge on any atom is 0.240 e. The molecule has 128 valence electrons. The maximum absolute atomic E-state index is 12.3. The van der Waals surface area contributed by atoms with Crippen LogP contribution >= 0.6 is 11.3 Å². The van der Waals surface area contributed by atoms with Gasteiger partial charge in [0.1, 0.15) is 0 Å². The predicted octanol–water partition coefficient (Wildman–Crippen LogP) is 2.36. The van der Waals surface area contributed by atoms with Gasteiger partial charge in [-0.1, -0.05) is 19.3 Å². The fourth-order valence-electron chi connectivity index (χ4n) is 3.45. The first kappa shape index (κ1) is 16.9. The van der Waals surface area contributed by atoms with E-state index in [1.54, 1.807) is 11.3 Å². The first-order chi connectivity index (χ1) is 11.2. The normalized spacial score (nSPS) is 22.0. The summed E-state index contributed by atoms with van der Waals surface area (Å²) < 4.78 is 5.28. The van der Waals surface area contributed by atoms with E-state index in [2.05, 4.69) is 10.7 Å². The van der Waals surface area contributed by atoms with E-state index in [0.717, 1.165) is 11.4 Å². The third kappa shape index (κ3) is 4.31. The van der Waals surface area contributed by atoms with E-state index in [1.165, 1.54) is 37.8 Å². The quantitative estimate of drug-likeness (QED) is 0.865. The number of nitrogens with one attached hydrogen (secondary N) is 1. The van der Waals surface area contributed by atoms with Gasteiger partial charge in [0.05, 0.1) is 16.2 Å². The molecule has 6 heteroatoms. The zero-order valence-corrected chi connectivity index (χ0v) is 14.5. The van der Waals surface area contributed by atoms with Crippen molar-refractivity contribution in [2.24, 2.45) is 5.73 Å². The molecule has 0 atom stereocenters. The standard InChI is InChI=1S/C17H27N3O2S/c18-17(7-10-22-11-8-17)16(21)19-9-6-15-20-14(12-23-15)13-4-2-1-3-5-13/h12-13H,1-11,18H2,(H,19,21). The molecule has 0 unspecified atom stereocenters. The van der Waals surface area contributed by atoms with Crippen molar-refractivity contribution in [3.8, 4) is 0 Å². The zero-order valence-electron chi connectivity index (χ0n) is 13.7. The average molecular weight is 337 g/mol. The number of carbonyl (C=O) groups excluding carboxylic acids is 1. The Kier molecular flexibility index (Phi) is 5.67. The zero-order chi connectivity index (χ0) is 16.1. The summed E-state index contributed by atoms with van der Waals surface area (Å²) >= 11 is 1.72. The van der Waals surface area contributed by atoms with Crippen molar-refractivity contribution in [3.05, 3.63) is 16.1 Å². The van der Waals surface area contributed by atoms with Gasteiger partial charge in [-0.25, -0.2) is 4.98 Å². The number of thiazole rings is 1. The molecule has 1 aliphatic heterocycles. The highest BCUT2D eigenvalue weighted by atomic mass is 32.1. The van der Waals surface area contributed by atoms with Gasteiger partial charge < -0.3 is 15.8 Å². The lowest BCUT2D eigenvalue weighted by Gasteiger charge is -2.31. The number of nitrogens with zero attached hydrogens (tertiary/aromatic N) is 1. The lowest BCUT2D eigenvalue weighted by atomic mass is 9.87. The number of ether oxygens (including phenoxy) is 1. The minimum Gasteiger partial charge on any atom is -0.381 e. The summed E-state index contributed by atoms with van der Waals surface area (Å²) in [5.41, 5.74) is 6.68. The molecule has 3 rings (SSSR count). The van der Waals surface area contributed by atoms with Crippen LogP contribution in [0.2, 0.25) is 0 Å². The first-order valence-electron chi connectivity index (χ1n) is 8.77. The van der Waals surface area contributed by atoms with Crippen LogP contribution in [-0.4, -0.2) is 36.2 Å². The molecule has 1 saturated heterocycles. The number of amides is 1. The Bertz CT molecular complexity index is 520. The molecular formula is C17H27N3O2S. The Balaban J connectivity index is 1.45. The molecule has 23 heavy (non-hydrogen) atoms. The van der Waals surface area contributed by atoms with Gasteiger partial charge in [0, 0.05) is 37.5 Å². The second kappa shape index (κ2) is 7.73. The molecule has 1 saturated carbocycles. The highest BCUT2D eigenvalue weighted by molar-refractivity contribution is 7.09. The van der Waals surface area contributed by atoms with Gasteiger partial charge >= 0.3 is 0 Å². The second-order valence-electron chi connectivity index (χ2n) is 6.78. The summed E-state index contributed by atoms with van der Waals surface area (Å²) in [6.45, 7) is 1.75. The fraction of sp³-hybridized carbons (Fsp3) is 0.765. The van der Waals surface area contributed by atoms with Gasteiger partial charge in [0.15, 0.2) is 0 Å². The van der Waals surface area contributed by atoms with Gasteiger partial charge in [-0.05, 0) is 25.7 Å². The van der Waals surface area contributed by atoms with E-state index in [0.29, 0.717) is 38.5 Å². The summed E-state index contributed by atoms with van der Waals surface area (Å²) in [4.78, 5) is 17.0. The number of carbonyl (C=O) groups is 1. The summed E-state index contributed by atoms with van der Waals surface area (Å²) in [7, 11) is 0. The van der Waals surface area contributed by atoms with Crippen LogP contribution in [-0.2, 0) is 16.0 Å². The van der Waals surface area contributed by atoms with Crippen LogP contribution in [0, 0.1) is 0 Å². The lowest BCUT2D eigenvalue weighted by Crippen LogP contribution is -2.57. The molecule has 0 spiro atoms. The molecule has 1 aromatic rings. The van der Waals surface area contributed by atoms with E-state index >= 15 is 0 Å². The first-order valence-corrected chi connectivity index (χ1v) is 9.64. The van der Waals surface area contributed by atoms with Crippen LogP contribution in [0.1, 0.15) is 61.6 Å². The number of hydrogen-bond acceptors (Lipinski definition) is 5. The summed E-state index contributed by atoms with van der Waals surface area (Å²) in [5.74, 6) is 0.600. The number of aromatic nitrogens is 1. The summed E-state index contributed by atoms with van der Waals surface area (Å²) in [6, 6.07) is 0. The Hall–Kier alpha value is -0.980. The number of rotatable bonds is 5. The van der Waals surface area contributed by atoms with Gasteiger partial charge in [-0.2, -0.15) is 0 Å². The van der Waals surface area contributed by atoms with Crippen LogP contribution in [0.25, 0.3) is 0 Å². The molecule has 0 bridgehead atoms. The largest absolute Gasteiger partial charge is 0.381 e. The van der Waals surface area contributed by atoms with Crippen molar-refractivity contribution in [2.75, 3.05) is 19.8 Å². The molecule has 2 fully saturated rings. The predicted molar refractivity (Wildman–Crippen MR) is 91.6 cm³/mol. The van der Waals surface area contributed by atoms with Crippen LogP contribution in [0.4, 0.5) is 0 Å². The SMILES string of the molecule is NC1(C(=O)NCCc2nc(C3CCCCC3)cs2)CCOCC1. The third-order valence-corrected chi connectivity index (χ3v) is 5.98. The van der Waals surface area contributed by atoms with E-state index in [9.17, 15) is 4.79 Å². The summed E-state index contributed by atoms with van der Waals surface area (Å²) in [6.07, 6.45) is 8.56. The van der Waals surface area contributed by atoms with Crippen LogP contribution < -0.4 is 11.1 Å². The minimum absolute atomic E-state index is 0.0511. The van der Waals surface area contributed by atoms with Crippen LogP contribution in [0.3, 0.4) is 0 Å². The van der Waals surface area contributed by atoms with Crippen molar-refractivity contribution in [1.29, 1.82) is 0 Å². The molecule has 1 amide bonds. The molecule has 3 N–H and O–H groups in total. The van der Waals surface area contributed by atoms with Gasteiger partial charge in [-0.15, -0.1) is 11.3 Å². The summed E-state index contributed by atoms with van der Waals surface area (Å²) in [5, 5.41) is 6.30. The van der Waals surface area contributed by atoms with Crippen molar-refractivity contribution in [1.82, 2.24) is 10.3 Å². The Morgan fingerprint density at radius 1 is 1.35 bits per heavy atom. The molecule has 5 nitrogen and oxygen atoms in total. The highest BCUT2D eigenvalue weighted by Crippen LogP contribution is 2.33. The Morgan fingerprint density at radius 2 is 2.09 bits per heavy atom. The van der Waals surface area contributed by atoms with E-state index < -0.39 is 5.54 Å². The molecule has 2 aliphatic rings.